The first-order chi connectivity index (χ1) is 6.33. The number of ether oxygens (including phenoxy) is 1. The maximum atomic E-state index is 5.23. The van der Waals surface area contributed by atoms with Crippen molar-refractivity contribution in [2.75, 3.05) is 26.3 Å². The fourth-order valence-electron chi connectivity index (χ4n) is 1.01. The molecular weight excluding hydrogens is 204 g/mol. The van der Waals surface area contributed by atoms with Crippen LogP contribution in [0.25, 0.3) is 0 Å². The Hall–Kier alpha value is 0.0300. The van der Waals surface area contributed by atoms with Crippen LogP contribution in [0.15, 0.2) is 0 Å². The van der Waals surface area contributed by atoms with Crippen molar-refractivity contribution in [3.05, 3.63) is 0 Å². The van der Waals surface area contributed by atoms with Crippen LogP contribution in [0.3, 0.4) is 0 Å². The zero-order valence-corrected chi connectivity index (χ0v) is 9.53. The van der Waals surface area contributed by atoms with Crippen molar-refractivity contribution < 1.29 is 4.74 Å². The fourth-order valence-corrected chi connectivity index (χ4v) is 1.91. The van der Waals surface area contributed by atoms with Gasteiger partial charge in [0.25, 0.3) is 0 Å². The van der Waals surface area contributed by atoms with Gasteiger partial charge < -0.3 is 10.2 Å². The average molecular weight is 220 g/mol. The summed E-state index contributed by atoms with van der Waals surface area (Å²) in [7, 11) is 0. The largest absolute Gasteiger partial charge is 0.379 e. The Morgan fingerprint density at radius 2 is 2.31 bits per heavy atom. The van der Waals surface area contributed by atoms with Gasteiger partial charge in [0.1, 0.15) is 4.32 Å². The first kappa shape index (κ1) is 11.1. The molecule has 0 unspecified atom stereocenters. The van der Waals surface area contributed by atoms with Gasteiger partial charge in [-0.05, 0) is 6.42 Å². The number of nitrogens with zero attached hydrogens (tertiary/aromatic N) is 1. The summed E-state index contributed by atoms with van der Waals surface area (Å²) in [5.74, 6) is 0. The molecule has 0 saturated carbocycles. The molecule has 0 radical (unpaired) electrons. The quantitative estimate of drug-likeness (QED) is 0.531. The zero-order chi connectivity index (χ0) is 9.52. The van der Waals surface area contributed by atoms with Crippen molar-refractivity contribution >= 4 is 33.3 Å². The Kier molecular flexibility index (Phi) is 5.54. The average Bonchev–Trinajstić information content (AvgIpc) is 2.16. The van der Waals surface area contributed by atoms with Crippen molar-refractivity contribution in [2.45, 2.75) is 13.3 Å². The van der Waals surface area contributed by atoms with Crippen molar-refractivity contribution in [1.29, 1.82) is 0 Å². The van der Waals surface area contributed by atoms with Crippen LogP contribution in [-0.4, -0.2) is 41.0 Å². The topological polar surface area (TPSA) is 24.5 Å². The second kappa shape index (κ2) is 6.48. The maximum absolute atomic E-state index is 5.23. The molecule has 0 aliphatic carbocycles. The number of rotatable bonds is 2. The number of hydrogen-bond acceptors (Lipinski definition) is 3. The first-order valence-electron chi connectivity index (χ1n) is 4.48. The third-order valence-corrected chi connectivity index (χ3v) is 2.95. The number of morpholine rings is 1. The van der Waals surface area contributed by atoms with Crippen LogP contribution in [0.4, 0.5) is 0 Å². The summed E-state index contributed by atoms with van der Waals surface area (Å²) >= 11 is 6.28. The summed E-state index contributed by atoms with van der Waals surface area (Å²) in [6.45, 7) is 5.54. The molecule has 0 amide bonds. The van der Waals surface area contributed by atoms with E-state index in [0.717, 1.165) is 48.4 Å². The van der Waals surface area contributed by atoms with Gasteiger partial charge >= 0.3 is 0 Å². The zero-order valence-electron chi connectivity index (χ0n) is 7.82. The van der Waals surface area contributed by atoms with Crippen LogP contribution >= 0.6 is 23.6 Å². The van der Waals surface area contributed by atoms with Gasteiger partial charge in [-0.1, -0.05) is 24.5 Å². The van der Waals surface area contributed by atoms with Gasteiger partial charge in [-0.25, -0.2) is 5.01 Å². The maximum Gasteiger partial charge on any atom is 0.139 e. The predicted octanol–water partition coefficient (Wildman–Crippen LogP) is 0.786. The van der Waals surface area contributed by atoms with Crippen LogP contribution in [0, 0.1) is 0 Å². The summed E-state index contributed by atoms with van der Waals surface area (Å²) in [6.07, 6.45) is 1.06. The van der Waals surface area contributed by atoms with E-state index < -0.39 is 0 Å². The molecule has 0 atom stereocenters. The molecule has 0 aromatic carbocycles. The number of hydrazine groups is 1. The SMILES string of the molecule is CCC=[SH]C(=S)NN1CCOCC1. The lowest BCUT2D eigenvalue weighted by molar-refractivity contribution is 0.0258. The molecule has 1 fully saturated rings. The summed E-state index contributed by atoms with van der Waals surface area (Å²) in [5, 5.41) is 4.26. The minimum Gasteiger partial charge on any atom is -0.379 e. The minimum absolute atomic E-state index is 0.796. The van der Waals surface area contributed by atoms with E-state index in [1.54, 1.807) is 0 Å². The molecule has 0 aromatic rings. The molecule has 0 aromatic heterocycles. The highest BCUT2D eigenvalue weighted by molar-refractivity contribution is 8.21. The molecule has 1 rings (SSSR count). The van der Waals surface area contributed by atoms with Crippen molar-refractivity contribution in [2.24, 2.45) is 0 Å². The smallest absolute Gasteiger partial charge is 0.139 e. The summed E-state index contributed by atoms with van der Waals surface area (Å²) < 4.78 is 6.11. The fraction of sp³-hybridized carbons (Fsp3) is 0.750. The van der Waals surface area contributed by atoms with E-state index in [1.165, 1.54) is 0 Å². The van der Waals surface area contributed by atoms with E-state index in [4.69, 9.17) is 17.0 Å². The third-order valence-electron chi connectivity index (χ3n) is 1.66. The van der Waals surface area contributed by atoms with Crippen LogP contribution in [0.1, 0.15) is 13.3 Å². The van der Waals surface area contributed by atoms with Crippen LogP contribution < -0.4 is 5.43 Å². The Morgan fingerprint density at radius 3 is 2.92 bits per heavy atom. The third kappa shape index (κ3) is 4.71. The first-order valence-corrected chi connectivity index (χ1v) is 5.86. The lowest BCUT2D eigenvalue weighted by Gasteiger charge is -2.27. The molecule has 1 saturated heterocycles. The number of hydrogen-bond donors (Lipinski definition) is 2. The molecule has 1 aliphatic heterocycles. The van der Waals surface area contributed by atoms with Crippen LogP contribution in [0.5, 0.6) is 0 Å². The second-order valence-corrected chi connectivity index (χ2v) is 4.52. The Bertz CT molecular complexity index is 191. The van der Waals surface area contributed by atoms with E-state index in [1.807, 2.05) is 0 Å². The van der Waals surface area contributed by atoms with Gasteiger partial charge in [-0.15, -0.1) is 11.4 Å². The highest BCUT2D eigenvalue weighted by Gasteiger charge is 2.09. The normalized spacial score (nSPS) is 19.8. The Balaban J connectivity index is 2.22. The van der Waals surface area contributed by atoms with Gasteiger partial charge in [0.2, 0.25) is 0 Å². The molecule has 1 aliphatic rings. The Labute approximate surface area is 88.4 Å². The Morgan fingerprint density at radius 1 is 1.62 bits per heavy atom. The molecule has 76 valence electrons. The summed E-state index contributed by atoms with van der Waals surface area (Å²) in [5.41, 5.74) is 3.19. The molecular formula is C8H16N2OS2. The van der Waals surface area contributed by atoms with E-state index in [2.05, 4.69) is 22.7 Å². The van der Waals surface area contributed by atoms with E-state index >= 15 is 0 Å². The van der Waals surface area contributed by atoms with E-state index in [0.29, 0.717) is 0 Å². The highest BCUT2D eigenvalue weighted by atomic mass is 32.2. The van der Waals surface area contributed by atoms with Crippen LogP contribution in [0.2, 0.25) is 0 Å². The van der Waals surface area contributed by atoms with Crippen LogP contribution in [-0.2, 0) is 4.74 Å². The van der Waals surface area contributed by atoms with Gasteiger partial charge in [0.05, 0.1) is 13.2 Å². The number of thiocarbonyl (C=S) groups is 1. The van der Waals surface area contributed by atoms with Gasteiger partial charge in [-0.3, -0.25) is 0 Å². The minimum atomic E-state index is 0.796. The molecule has 5 heteroatoms. The summed E-state index contributed by atoms with van der Waals surface area (Å²) in [6, 6.07) is 0. The van der Waals surface area contributed by atoms with Gasteiger partial charge in [0.15, 0.2) is 0 Å². The van der Waals surface area contributed by atoms with Gasteiger partial charge in [-0.2, -0.15) is 0 Å². The van der Waals surface area contributed by atoms with Gasteiger partial charge in [0, 0.05) is 13.1 Å². The summed E-state index contributed by atoms with van der Waals surface area (Å²) in [4.78, 5) is 0. The molecule has 0 bridgehead atoms. The molecule has 3 nitrogen and oxygen atoms in total. The number of thiol groups is 1. The van der Waals surface area contributed by atoms with E-state index in [-0.39, 0.29) is 0 Å². The van der Waals surface area contributed by atoms with Crippen molar-refractivity contribution in [1.82, 2.24) is 10.4 Å². The second-order valence-electron chi connectivity index (χ2n) is 2.74. The van der Waals surface area contributed by atoms with Crippen molar-refractivity contribution in [3.8, 4) is 0 Å². The van der Waals surface area contributed by atoms with E-state index in [9.17, 15) is 0 Å². The monoisotopic (exact) mass is 220 g/mol. The molecule has 1 heterocycles. The van der Waals surface area contributed by atoms with Crippen molar-refractivity contribution in [3.63, 3.8) is 0 Å². The lowest BCUT2D eigenvalue weighted by atomic mass is 10.5. The molecule has 13 heavy (non-hydrogen) atoms. The number of nitrogens with one attached hydrogen (secondary N) is 1. The molecule has 0 spiro atoms. The standard InChI is InChI=1S/C8H16N2OS2/c1-2-7-13-8(12)9-10-3-5-11-6-4-10/h7,13H,2-6H2,1H3,(H,9,12). The highest BCUT2D eigenvalue weighted by Crippen LogP contribution is 1.96. The predicted molar refractivity (Wildman–Crippen MR) is 63.5 cm³/mol. The molecule has 1 N–H and O–H groups in total. The lowest BCUT2D eigenvalue weighted by Crippen LogP contribution is -2.46.